The second-order valence-corrected chi connectivity index (χ2v) is 8.59. The molecule has 0 aliphatic heterocycles. The minimum Gasteiger partial charge on any atom is -0.469 e. The van der Waals surface area contributed by atoms with Crippen molar-refractivity contribution in [2.45, 2.75) is 57.7 Å². The highest BCUT2D eigenvalue weighted by atomic mass is 16.5. The fraction of sp³-hybridized carbons (Fsp3) is 0.393. The van der Waals surface area contributed by atoms with Gasteiger partial charge < -0.3 is 20.1 Å². The van der Waals surface area contributed by atoms with Crippen LogP contribution in [0.25, 0.3) is 6.08 Å². The van der Waals surface area contributed by atoms with Crippen LogP contribution in [0.4, 0.5) is 4.79 Å². The van der Waals surface area contributed by atoms with E-state index in [9.17, 15) is 19.2 Å². The normalized spacial score (nSPS) is 12.3. The zero-order valence-electron chi connectivity index (χ0n) is 21.9. The molecule has 3 amide bonds. The lowest BCUT2D eigenvalue weighted by atomic mass is 10.0. The van der Waals surface area contributed by atoms with Gasteiger partial charge in [0.2, 0.25) is 5.91 Å². The number of methoxy groups -OCH3 is 1. The van der Waals surface area contributed by atoms with Gasteiger partial charge >= 0.3 is 12.1 Å². The average molecular weight is 525 g/mol. The molecule has 0 bridgehead atoms. The zero-order chi connectivity index (χ0) is 27.6. The summed E-state index contributed by atoms with van der Waals surface area (Å²) >= 11 is 0. The van der Waals surface area contributed by atoms with Crippen LogP contribution in [-0.2, 0) is 30.5 Å². The van der Waals surface area contributed by atoms with Crippen molar-refractivity contribution in [3.63, 3.8) is 0 Å². The summed E-state index contributed by atoms with van der Waals surface area (Å²) in [4.78, 5) is 54.2. The summed E-state index contributed by atoms with van der Waals surface area (Å²) in [6.45, 7) is 2.14. The van der Waals surface area contributed by atoms with Crippen LogP contribution in [-0.4, -0.2) is 48.2 Å². The number of nitrogens with one attached hydrogen (secondary N) is 3. The molecule has 38 heavy (non-hydrogen) atoms. The summed E-state index contributed by atoms with van der Waals surface area (Å²) in [5.74, 6) is -1.41. The Morgan fingerprint density at radius 2 is 1.79 bits per heavy atom. The standard InChI is InChI=1S/C28H36N4O6/c1-3-17-28(26(35)30-19-9-5-8-14-25(34)37-2,31-24(33)16-15-22-13-10-18-29-20-22)32-27(36)38-21-23-11-6-4-7-12-23/h4,6-7,10-13,15-16,18,20H,3,5,8-9,14,17,19,21H2,1-2H3,(H,30,35)(H,31,33)(H,32,36)/b16-15+/t28-/m0/s1. The van der Waals surface area contributed by atoms with Crippen molar-refractivity contribution in [2.24, 2.45) is 0 Å². The number of hydrogen-bond acceptors (Lipinski definition) is 7. The predicted octanol–water partition coefficient (Wildman–Crippen LogP) is 3.48. The van der Waals surface area contributed by atoms with Gasteiger partial charge in [0.15, 0.2) is 5.66 Å². The number of ether oxygens (including phenoxy) is 2. The van der Waals surface area contributed by atoms with Gasteiger partial charge in [0.05, 0.1) is 7.11 Å². The number of aromatic nitrogens is 1. The Kier molecular flexibility index (Phi) is 13.0. The highest BCUT2D eigenvalue weighted by Gasteiger charge is 2.40. The van der Waals surface area contributed by atoms with Crippen LogP contribution < -0.4 is 16.0 Å². The lowest BCUT2D eigenvalue weighted by Crippen LogP contribution is -2.68. The van der Waals surface area contributed by atoms with Gasteiger partial charge in [0.25, 0.3) is 5.91 Å². The van der Waals surface area contributed by atoms with Crippen molar-refractivity contribution < 1.29 is 28.7 Å². The number of unbranched alkanes of at least 4 members (excludes halogenated alkanes) is 2. The average Bonchev–Trinajstić information content (AvgIpc) is 2.93. The van der Waals surface area contributed by atoms with E-state index < -0.39 is 23.6 Å². The van der Waals surface area contributed by atoms with E-state index in [4.69, 9.17) is 4.74 Å². The third-order valence-corrected chi connectivity index (χ3v) is 5.56. The van der Waals surface area contributed by atoms with Crippen molar-refractivity contribution in [3.05, 3.63) is 72.1 Å². The molecular formula is C28H36N4O6. The molecule has 1 atom stereocenters. The van der Waals surface area contributed by atoms with E-state index in [1.165, 1.54) is 13.2 Å². The van der Waals surface area contributed by atoms with Gasteiger partial charge in [0, 0.05) is 31.4 Å². The summed E-state index contributed by atoms with van der Waals surface area (Å²) < 4.78 is 9.96. The maximum Gasteiger partial charge on any atom is 0.409 e. The van der Waals surface area contributed by atoms with E-state index in [1.807, 2.05) is 37.3 Å². The topological polar surface area (TPSA) is 136 Å². The SMILES string of the molecule is CCC[C@](NC(=O)/C=C/c1cccnc1)(NC(=O)OCc1ccccc1)C(=O)NCCCCCC(=O)OC. The monoisotopic (exact) mass is 524 g/mol. The van der Waals surface area contributed by atoms with Crippen molar-refractivity contribution >= 4 is 30.0 Å². The number of nitrogens with zero attached hydrogens (tertiary/aromatic N) is 1. The van der Waals surface area contributed by atoms with E-state index in [0.29, 0.717) is 44.2 Å². The first-order valence-electron chi connectivity index (χ1n) is 12.6. The smallest absolute Gasteiger partial charge is 0.409 e. The van der Waals surface area contributed by atoms with E-state index in [1.54, 1.807) is 30.6 Å². The van der Waals surface area contributed by atoms with Crippen LogP contribution >= 0.6 is 0 Å². The maximum atomic E-state index is 13.4. The maximum absolute atomic E-state index is 13.4. The third kappa shape index (κ3) is 10.8. The molecule has 1 heterocycles. The second-order valence-electron chi connectivity index (χ2n) is 8.59. The number of pyridine rings is 1. The molecule has 3 N–H and O–H groups in total. The molecule has 0 saturated carbocycles. The number of hydrogen-bond donors (Lipinski definition) is 3. The van der Waals surface area contributed by atoms with Gasteiger partial charge in [-0.15, -0.1) is 0 Å². The van der Waals surface area contributed by atoms with Crippen LogP contribution in [0.1, 0.15) is 56.6 Å². The number of amides is 3. The number of esters is 1. The fourth-order valence-corrected chi connectivity index (χ4v) is 3.62. The van der Waals surface area contributed by atoms with E-state index in [0.717, 1.165) is 5.56 Å². The first-order chi connectivity index (χ1) is 18.4. The highest BCUT2D eigenvalue weighted by Crippen LogP contribution is 2.13. The minimum absolute atomic E-state index is 0.00550. The van der Waals surface area contributed by atoms with Crippen LogP contribution in [0, 0.1) is 0 Å². The van der Waals surface area contributed by atoms with Crippen LogP contribution in [0.3, 0.4) is 0 Å². The Labute approximate surface area is 223 Å². The summed E-state index contributed by atoms with van der Waals surface area (Å²) in [5, 5.41) is 8.06. The molecule has 0 aliphatic rings. The van der Waals surface area contributed by atoms with Gasteiger partial charge in [0.1, 0.15) is 6.61 Å². The largest absolute Gasteiger partial charge is 0.469 e. The van der Waals surface area contributed by atoms with Crippen LogP contribution in [0.2, 0.25) is 0 Å². The first kappa shape index (κ1) is 30.0. The van der Waals surface area contributed by atoms with Gasteiger partial charge in [-0.05, 0) is 42.5 Å². The first-order valence-corrected chi connectivity index (χ1v) is 12.6. The molecular weight excluding hydrogens is 488 g/mol. The van der Waals surface area contributed by atoms with E-state index in [2.05, 4.69) is 25.7 Å². The Bertz CT molecular complexity index is 1060. The van der Waals surface area contributed by atoms with Crippen LogP contribution in [0.15, 0.2) is 60.9 Å². The Morgan fingerprint density at radius 1 is 1.00 bits per heavy atom. The Balaban J connectivity index is 2.09. The fourth-order valence-electron chi connectivity index (χ4n) is 3.62. The molecule has 0 aliphatic carbocycles. The molecule has 1 aromatic heterocycles. The van der Waals surface area contributed by atoms with E-state index >= 15 is 0 Å². The highest BCUT2D eigenvalue weighted by molar-refractivity contribution is 5.98. The zero-order valence-corrected chi connectivity index (χ0v) is 21.9. The van der Waals surface area contributed by atoms with Gasteiger partial charge in [-0.25, -0.2) is 4.79 Å². The number of alkyl carbamates (subject to hydrolysis) is 1. The molecule has 0 unspecified atom stereocenters. The summed E-state index contributed by atoms with van der Waals surface area (Å²) in [6.07, 6.45) is 8.06. The number of benzene rings is 1. The van der Waals surface area contributed by atoms with Crippen molar-refractivity contribution in [1.82, 2.24) is 20.9 Å². The molecule has 0 fully saturated rings. The molecule has 1 aromatic carbocycles. The number of rotatable bonds is 15. The minimum atomic E-state index is -1.73. The summed E-state index contributed by atoms with van der Waals surface area (Å²) in [6, 6.07) is 12.6. The van der Waals surface area contributed by atoms with Gasteiger partial charge in [-0.1, -0.05) is 56.2 Å². The molecule has 0 saturated heterocycles. The molecule has 0 radical (unpaired) electrons. The third-order valence-electron chi connectivity index (χ3n) is 5.56. The van der Waals surface area contributed by atoms with Crippen LogP contribution in [0.5, 0.6) is 0 Å². The van der Waals surface area contributed by atoms with Gasteiger partial charge in [-0.3, -0.25) is 24.7 Å². The van der Waals surface area contributed by atoms with Crippen molar-refractivity contribution in [2.75, 3.05) is 13.7 Å². The summed E-state index contributed by atoms with van der Waals surface area (Å²) in [5.41, 5.74) is -0.246. The lowest BCUT2D eigenvalue weighted by molar-refractivity contribution is -0.140. The Morgan fingerprint density at radius 3 is 2.47 bits per heavy atom. The number of carbonyl (C=O) groups excluding carboxylic acids is 4. The van der Waals surface area contributed by atoms with Gasteiger partial charge in [-0.2, -0.15) is 0 Å². The second kappa shape index (κ2) is 16.5. The Hall–Kier alpha value is -4.21. The molecule has 2 rings (SSSR count). The quantitative estimate of drug-likeness (QED) is 0.140. The molecule has 2 aromatic rings. The molecule has 10 nitrogen and oxygen atoms in total. The van der Waals surface area contributed by atoms with E-state index in [-0.39, 0.29) is 19.0 Å². The predicted molar refractivity (Wildman–Crippen MR) is 142 cm³/mol. The molecule has 204 valence electrons. The van der Waals surface area contributed by atoms with Crippen molar-refractivity contribution in [3.8, 4) is 0 Å². The summed E-state index contributed by atoms with van der Waals surface area (Å²) in [7, 11) is 1.34. The number of carbonyl (C=O) groups is 4. The molecule has 10 heteroatoms. The molecule has 0 spiro atoms. The lowest BCUT2D eigenvalue weighted by Gasteiger charge is -2.33. The van der Waals surface area contributed by atoms with Crippen molar-refractivity contribution in [1.29, 1.82) is 0 Å².